The molecule has 0 radical (unpaired) electrons. The second kappa shape index (κ2) is 6.18. The van der Waals surface area contributed by atoms with Gasteiger partial charge in [0.05, 0.1) is 0 Å². The third-order valence-corrected chi connectivity index (χ3v) is 5.11. The number of aromatic nitrogens is 1. The summed E-state index contributed by atoms with van der Waals surface area (Å²) in [4.78, 5) is 16.2. The first kappa shape index (κ1) is 14.6. The number of nitrogens with zero attached hydrogens (tertiary/aromatic N) is 4. The molecule has 21 heavy (non-hydrogen) atoms. The van der Waals surface area contributed by atoms with Crippen molar-refractivity contribution in [2.45, 2.75) is 18.9 Å². The molecule has 0 N–H and O–H groups in total. The number of nitriles is 1. The van der Waals surface area contributed by atoms with E-state index in [-0.39, 0.29) is 17.2 Å². The lowest BCUT2D eigenvalue weighted by Crippen LogP contribution is -2.51. The highest BCUT2D eigenvalue weighted by Gasteiger charge is 2.31. The highest BCUT2D eigenvalue weighted by molar-refractivity contribution is 7.10. The van der Waals surface area contributed by atoms with Gasteiger partial charge in [-0.05, 0) is 24.4 Å². The Morgan fingerprint density at radius 2 is 2.19 bits per heavy atom. The number of carbonyl (C=O) groups is 1. The Bertz CT molecular complexity index is 571. The SMILES string of the molecule is N#Cc1c(Cl)nsc1N1CCN(C(=O)[C@H]2CCCO2)CC1. The normalized spacial score (nSPS) is 22.4. The zero-order valence-electron chi connectivity index (χ0n) is 11.4. The Kier molecular flexibility index (Phi) is 4.29. The molecule has 2 saturated heterocycles. The van der Waals surface area contributed by atoms with E-state index < -0.39 is 0 Å². The average Bonchev–Trinajstić information content (AvgIpc) is 3.16. The van der Waals surface area contributed by atoms with Gasteiger partial charge in [0.25, 0.3) is 5.91 Å². The Labute approximate surface area is 132 Å². The predicted octanol–water partition coefficient (Wildman–Crippen LogP) is 1.50. The lowest BCUT2D eigenvalue weighted by atomic mass is 10.2. The predicted molar refractivity (Wildman–Crippen MR) is 79.6 cm³/mol. The van der Waals surface area contributed by atoms with Crippen LogP contribution >= 0.6 is 23.1 Å². The standard InChI is InChI=1S/C13H15ClN4O2S/c14-11-9(8-15)13(21-16-11)18-5-3-17(4-6-18)12(19)10-2-1-7-20-10/h10H,1-7H2/t10-/m1/s1. The van der Waals surface area contributed by atoms with Gasteiger partial charge >= 0.3 is 0 Å². The second-order valence-corrected chi connectivity index (χ2v) is 6.19. The van der Waals surface area contributed by atoms with Crippen LogP contribution in [0, 0.1) is 11.3 Å². The Morgan fingerprint density at radius 1 is 1.43 bits per heavy atom. The monoisotopic (exact) mass is 326 g/mol. The second-order valence-electron chi connectivity index (χ2n) is 5.08. The van der Waals surface area contributed by atoms with Gasteiger partial charge in [0, 0.05) is 32.8 Å². The topological polar surface area (TPSA) is 69.5 Å². The number of halogens is 1. The fraction of sp³-hybridized carbons (Fsp3) is 0.615. The van der Waals surface area contributed by atoms with Crippen LogP contribution in [0.1, 0.15) is 18.4 Å². The lowest BCUT2D eigenvalue weighted by Gasteiger charge is -2.36. The van der Waals surface area contributed by atoms with Crippen molar-refractivity contribution in [2.24, 2.45) is 0 Å². The molecule has 2 aliphatic rings. The summed E-state index contributed by atoms with van der Waals surface area (Å²) in [5.41, 5.74) is 0.431. The van der Waals surface area contributed by atoms with E-state index in [4.69, 9.17) is 21.6 Å². The number of amides is 1. The number of hydrogen-bond donors (Lipinski definition) is 0. The van der Waals surface area contributed by atoms with Crippen molar-refractivity contribution >= 4 is 34.0 Å². The number of hydrogen-bond acceptors (Lipinski definition) is 6. The molecule has 3 rings (SSSR count). The van der Waals surface area contributed by atoms with Crippen LogP contribution in [0.15, 0.2) is 0 Å². The first-order valence-electron chi connectivity index (χ1n) is 6.91. The maximum atomic E-state index is 12.3. The lowest BCUT2D eigenvalue weighted by molar-refractivity contribution is -0.141. The molecule has 2 fully saturated rings. The molecule has 1 aromatic heterocycles. The summed E-state index contributed by atoms with van der Waals surface area (Å²) in [5, 5.41) is 10.2. The summed E-state index contributed by atoms with van der Waals surface area (Å²) >= 11 is 7.13. The molecule has 0 saturated carbocycles. The minimum absolute atomic E-state index is 0.0926. The van der Waals surface area contributed by atoms with Crippen LogP contribution in [0.4, 0.5) is 5.00 Å². The van der Waals surface area contributed by atoms with E-state index in [0.717, 1.165) is 17.8 Å². The van der Waals surface area contributed by atoms with Gasteiger partial charge in [-0.15, -0.1) is 0 Å². The summed E-state index contributed by atoms with van der Waals surface area (Å²) in [7, 11) is 0. The van der Waals surface area contributed by atoms with Crippen molar-refractivity contribution in [3.63, 3.8) is 0 Å². The molecule has 0 aromatic carbocycles. The Morgan fingerprint density at radius 3 is 2.81 bits per heavy atom. The third kappa shape index (κ3) is 2.84. The molecule has 3 heterocycles. The van der Waals surface area contributed by atoms with Gasteiger partial charge in [-0.1, -0.05) is 11.6 Å². The van der Waals surface area contributed by atoms with E-state index in [1.54, 1.807) is 0 Å². The van der Waals surface area contributed by atoms with E-state index in [1.807, 2.05) is 4.90 Å². The van der Waals surface area contributed by atoms with Gasteiger partial charge in [-0.2, -0.15) is 9.64 Å². The zero-order chi connectivity index (χ0) is 14.8. The van der Waals surface area contributed by atoms with Crippen molar-refractivity contribution in [1.82, 2.24) is 9.27 Å². The van der Waals surface area contributed by atoms with Crippen LogP contribution in [0.2, 0.25) is 5.15 Å². The minimum Gasteiger partial charge on any atom is -0.368 e. The van der Waals surface area contributed by atoms with Gasteiger partial charge in [0.2, 0.25) is 0 Å². The molecule has 0 aliphatic carbocycles. The highest BCUT2D eigenvalue weighted by Crippen LogP contribution is 2.31. The summed E-state index contributed by atoms with van der Waals surface area (Å²) in [6, 6.07) is 2.09. The molecule has 8 heteroatoms. The van der Waals surface area contributed by atoms with Crippen molar-refractivity contribution in [2.75, 3.05) is 37.7 Å². The smallest absolute Gasteiger partial charge is 0.251 e. The molecule has 0 unspecified atom stereocenters. The number of carbonyl (C=O) groups excluding carboxylic acids is 1. The van der Waals surface area contributed by atoms with Crippen LogP contribution in [0.5, 0.6) is 0 Å². The molecular formula is C13H15ClN4O2S. The van der Waals surface area contributed by atoms with E-state index in [9.17, 15) is 4.79 Å². The highest BCUT2D eigenvalue weighted by atomic mass is 35.5. The molecule has 1 aromatic rings. The van der Waals surface area contributed by atoms with Crippen molar-refractivity contribution < 1.29 is 9.53 Å². The fourth-order valence-electron chi connectivity index (χ4n) is 2.68. The summed E-state index contributed by atoms with van der Waals surface area (Å²) in [6.45, 7) is 3.33. The first-order chi connectivity index (χ1) is 10.2. The van der Waals surface area contributed by atoms with E-state index in [1.165, 1.54) is 11.5 Å². The van der Waals surface area contributed by atoms with Crippen LogP contribution in [-0.2, 0) is 9.53 Å². The van der Waals surface area contributed by atoms with Gasteiger partial charge in [0.1, 0.15) is 22.7 Å². The molecule has 0 spiro atoms. The Hall–Kier alpha value is -1.36. The number of anilines is 1. The van der Waals surface area contributed by atoms with Crippen LogP contribution in [0.3, 0.4) is 0 Å². The molecule has 112 valence electrons. The van der Waals surface area contributed by atoms with Crippen molar-refractivity contribution in [3.8, 4) is 6.07 Å². The number of rotatable bonds is 2. The van der Waals surface area contributed by atoms with E-state index in [2.05, 4.69) is 15.3 Å². The molecule has 6 nitrogen and oxygen atoms in total. The van der Waals surface area contributed by atoms with Gasteiger partial charge in [0.15, 0.2) is 5.15 Å². The zero-order valence-corrected chi connectivity index (χ0v) is 13.0. The van der Waals surface area contributed by atoms with Gasteiger partial charge in [-0.3, -0.25) is 4.79 Å². The molecule has 0 bridgehead atoms. The largest absolute Gasteiger partial charge is 0.368 e. The van der Waals surface area contributed by atoms with Gasteiger partial charge in [-0.25, -0.2) is 0 Å². The quantitative estimate of drug-likeness (QED) is 0.823. The summed E-state index contributed by atoms with van der Waals surface area (Å²) in [6.07, 6.45) is 1.52. The molecule has 1 amide bonds. The van der Waals surface area contributed by atoms with E-state index >= 15 is 0 Å². The van der Waals surface area contributed by atoms with Crippen LogP contribution < -0.4 is 4.90 Å². The van der Waals surface area contributed by atoms with Crippen LogP contribution in [0.25, 0.3) is 0 Å². The molecular weight excluding hydrogens is 312 g/mol. The maximum Gasteiger partial charge on any atom is 0.251 e. The van der Waals surface area contributed by atoms with Crippen molar-refractivity contribution in [1.29, 1.82) is 5.26 Å². The molecule has 2 aliphatic heterocycles. The third-order valence-electron chi connectivity index (χ3n) is 3.83. The van der Waals surface area contributed by atoms with Crippen LogP contribution in [-0.4, -0.2) is 54.1 Å². The number of piperazine rings is 1. The Balaban J connectivity index is 1.62. The van der Waals surface area contributed by atoms with Gasteiger partial charge < -0.3 is 14.5 Å². The number of ether oxygens (including phenoxy) is 1. The maximum absolute atomic E-state index is 12.3. The minimum atomic E-state index is -0.260. The summed E-state index contributed by atoms with van der Waals surface area (Å²) < 4.78 is 9.47. The molecule has 1 atom stereocenters. The average molecular weight is 327 g/mol. The summed E-state index contributed by atoms with van der Waals surface area (Å²) in [5.74, 6) is 0.0926. The fourth-order valence-corrected chi connectivity index (χ4v) is 3.76. The van der Waals surface area contributed by atoms with Crippen molar-refractivity contribution in [3.05, 3.63) is 10.7 Å². The van der Waals surface area contributed by atoms with E-state index in [0.29, 0.717) is 38.3 Å². The first-order valence-corrected chi connectivity index (χ1v) is 8.06.